The molecule has 4 aromatic rings. The van der Waals surface area contributed by atoms with Crippen LogP contribution < -0.4 is 4.90 Å². The van der Waals surface area contributed by atoms with E-state index in [1.807, 2.05) is 37.3 Å². The van der Waals surface area contributed by atoms with Crippen LogP contribution in [-0.2, 0) is 4.79 Å². The van der Waals surface area contributed by atoms with Crippen LogP contribution >= 0.6 is 11.8 Å². The zero-order valence-electron chi connectivity index (χ0n) is 19.9. The first-order valence-corrected chi connectivity index (χ1v) is 12.8. The molecule has 0 bridgehead atoms. The molecule has 8 heteroatoms. The number of amides is 1. The van der Waals surface area contributed by atoms with E-state index in [1.54, 1.807) is 23.2 Å². The molecule has 0 radical (unpaired) electrons. The molecule has 5 nitrogen and oxygen atoms in total. The molecule has 37 heavy (non-hydrogen) atoms. The number of aryl methyl sites for hydroxylation is 1. The van der Waals surface area contributed by atoms with E-state index in [4.69, 9.17) is 0 Å². The average molecular weight is 519 g/mol. The van der Waals surface area contributed by atoms with Gasteiger partial charge < -0.3 is 15.1 Å². The molecule has 1 amide bonds. The number of hydrogen-bond acceptors (Lipinski definition) is 5. The number of aliphatic hydroxyl groups excluding tert-OH is 1. The highest BCUT2D eigenvalue weighted by Gasteiger charge is 2.49. The molecule has 0 saturated carbocycles. The maximum absolute atomic E-state index is 13.6. The molecule has 1 aromatic heterocycles. The van der Waals surface area contributed by atoms with Crippen molar-refractivity contribution in [3.05, 3.63) is 114 Å². The zero-order valence-corrected chi connectivity index (χ0v) is 20.7. The third-order valence-electron chi connectivity index (χ3n) is 6.49. The Bertz CT molecular complexity index is 1430. The van der Waals surface area contributed by atoms with Gasteiger partial charge in [-0.25, -0.2) is 8.78 Å². The lowest BCUT2D eigenvalue weighted by Crippen LogP contribution is -2.58. The normalized spacial score (nSPS) is 17.9. The highest BCUT2D eigenvalue weighted by atomic mass is 32.2. The van der Waals surface area contributed by atoms with Crippen LogP contribution in [0.1, 0.15) is 28.8 Å². The number of hydrogen-bond donors (Lipinski definition) is 2. The van der Waals surface area contributed by atoms with Gasteiger partial charge in [-0.05, 0) is 71.6 Å². The van der Waals surface area contributed by atoms with Gasteiger partial charge in [0.2, 0.25) is 5.91 Å². The van der Waals surface area contributed by atoms with Crippen molar-refractivity contribution in [1.29, 1.82) is 0 Å². The van der Waals surface area contributed by atoms with E-state index in [2.05, 4.69) is 4.98 Å². The van der Waals surface area contributed by atoms with Crippen molar-refractivity contribution in [3.8, 4) is 16.9 Å². The molecule has 2 N–H and O–H groups in total. The Labute approximate surface area is 217 Å². The number of anilines is 1. The second kappa shape index (κ2) is 10.3. The summed E-state index contributed by atoms with van der Waals surface area (Å²) in [6, 6.07) is 19.1. The van der Waals surface area contributed by atoms with Gasteiger partial charge in [-0.1, -0.05) is 30.3 Å². The van der Waals surface area contributed by atoms with Gasteiger partial charge in [0.25, 0.3) is 0 Å². The summed E-state index contributed by atoms with van der Waals surface area (Å²) in [4.78, 5) is 19.0. The molecule has 1 aliphatic rings. The molecular formula is C29H24F2N2O3S. The minimum atomic E-state index is -0.854. The van der Waals surface area contributed by atoms with Crippen molar-refractivity contribution >= 4 is 23.4 Å². The smallest absolute Gasteiger partial charge is 0.243 e. The number of carbonyl (C=O) groups excluding carboxylic acids is 1. The Kier molecular flexibility index (Phi) is 6.95. The Hall–Kier alpha value is -3.75. The lowest BCUT2D eigenvalue weighted by molar-refractivity contribution is -0.123. The third-order valence-corrected chi connectivity index (χ3v) is 7.82. The van der Waals surface area contributed by atoms with E-state index < -0.39 is 17.2 Å². The SMILES string of the molecule is Cc1cc(O)ccc1[C@@H]1[C@@H](SC[C@@H](O)c2ccc(F)cc2)C(=O)N1c1ccc(-c2cncc(F)c2)cc1. The molecule has 0 aliphatic carbocycles. The Balaban J connectivity index is 1.40. The van der Waals surface area contributed by atoms with Crippen molar-refractivity contribution in [3.63, 3.8) is 0 Å². The predicted molar refractivity (Wildman–Crippen MR) is 140 cm³/mol. The van der Waals surface area contributed by atoms with E-state index in [0.717, 1.165) is 22.9 Å². The lowest BCUT2D eigenvalue weighted by Gasteiger charge is -2.47. The number of phenols is 1. The summed E-state index contributed by atoms with van der Waals surface area (Å²) in [5.74, 6) is -0.507. The topological polar surface area (TPSA) is 73.7 Å². The van der Waals surface area contributed by atoms with Crippen LogP contribution in [0, 0.1) is 18.6 Å². The fraction of sp³-hybridized carbons (Fsp3) is 0.172. The van der Waals surface area contributed by atoms with Crippen LogP contribution in [0.4, 0.5) is 14.5 Å². The molecule has 3 aromatic carbocycles. The minimum Gasteiger partial charge on any atom is -0.508 e. The number of rotatable bonds is 7. The van der Waals surface area contributed by atoms with Gasteiger partial charge in [-0.2, -0.15) is 0 Å². The minimum absolute atomic E-state index is 0.103. The Morgan fingerprint density at radius 3 is 2.35 bits per heavy atom. The number of aliphatic hydroxyl groups is 1. The second-order valence-electron chi connectivity index (χ2n) is 8.95. The van der Waals surface area contributed by atoms with Crippen molar-refractivity contribution in [2.45, 2.75) is 24.3 Å². The van der Waals surface area contributed by atoms with Crippen molar-refractivity contribution in [1.82, 2.24) is 4.98 Å². The highest BCUT2D eigenvalue weighted by molar-refractivity contribution is 8.00. The van der Waals surface area contributed by atoms with Gasteiger partial charge in [0, 0.05) is 23.2 Å². The number of halogens is 2. The molecule has 1 aliphatic heterocycles. The molecular weight excluding hydrogens is 494 g/mol. The third kappa shape index (κ3) is 5.08. The summed E-state index contributed by atoms with van der Waals surface area (Å²) in [5.41, 5.74) is 4.41. The lowest BCUT2D eigenvalue weighted by atomic mass is 9.89. The molecule has 5 rings (SSSR count). The van der Waals surface area contributed by atoms with Crippen molar-refractivity contribution in [2.24, 2.45) is 0 Å². The second-order valence-corrected chi connectivity index (χ2v) is 10.1. The number of nitrogens with zero attached hydrogens (tertiary/aromatic N) is 2. The van der Waals surface area contributed by atoms with Crippen LogP contribution in [0.15, 0.2) is 85.2 Å². The van der Waals surface area contributed by atoms with E-state index in [9.17, 15) is 23.8 Å². The van der Waals surface area contributed by atoms with Gasteiger partial charge in [0.1, 0.15) is 22.6 Å². The molecule has 2 heterocycles. The Morgan fingerprint density at radius 2 is 1.68 bits per heavy atom. The maximum Gasteiger partial charge on any atom is 0.243 e. The molecule has 1 saturated heterocycles. The summed E-state index contributed by atoms with van der Waals surface area (Å²) in [6.07, 6.45) is 1.87. The van der Waals surface area contributed by atoms with Gasteiger partial charge in [-0.3, -0.25) is 9.78 Å². The first kappa shape index (κ1) is 24.9. The van der Waals surface area contributed by atoms with Crippen molar-refractivity contribution < 1.29 is 23.8 Å². The molecule has 0 spiro atoms. The number of benzene rings is 3. The van der Waals surface area contributed by atoms with Crippen LogP contribution in [0.25, 0.3) is 11.1 Å². The standard InChI is InChI=1S/C29H24F2N2O3S/c1-17-12-24(34)10-11-25(17)27-28(37-16-26(35)19-2-6-21(30)7-3-19)29(36)33(27)23-8-4-18(5-9-23)20-13-22(31)15-32-14-20/h2-15,26-28,34-35H,16H2,1H3/t26-,27-,28-/m1/s1. The number of aromatic nitrogens is 1. The monoisotopic (exact) mass is 518 g/mol. The van der Waals surface area contributed by atoms with E-state index in [0.29, 0.717) is 16.8 Å². The quantitative estimate of drug-likeness (QED) is 0.295. The maximum atomic E-state index is 13.6. The first-order valence-electron chi connectivity index (χ1n) is 11.7. The van der Waals surface area contributed by atoms with E-state index in [1.165, 1.54) is 42.1 Å². The highest BCUT2D eigenvalue weighted by Crippen LogP contribution is 2.47. The summed E-state index contributed by atoms with van der Waals surface area (Å²) in [7, 11) is 0. The fourth-order valence-corrected chi connectivity index (χ4v) is 5.86. The van der Waals surface area contributed by atoms with Crippen LogP contribution in [-0.4, -0.2) is 32.1 Å². The van der Waals surface area contributed by atoms with Crippen LogP contribution in [0.3, 0.4) is 0 Å². The predicted octanol–water partition coefficient (Wildman–Crippen LogP) is 5.96. The van der Waals surface area contributed by atoms with E-state index >= 15 is 0 Å². The number of thioether (sulfide) groups is 1. The van der Waals surface area contributed by atoms with Gasteiger partial charge >= 0.3 is 0 Å². The van der Waals surface area contributed by atoms with Crippen LogP contribution in [0.5, 0.6) is 5.75 Å². The average Bonchev–Trinajstić information content (AvgIpc) is 2.88. The number of phenolic OH excluding ortho intramolecular Hbond substituents is 1. The summed E-state index contributed by atoms with van der Waals surface area (Å²) < 4.78 is 26.9. The Morgan fingerprint density at radius 1 is 0.946 bits per heavy atom. The number of β-lactam (4-membered cyclic amide) rings is 1. The summed E-state index contributed by atoms with van der Waals surface area (Å²) in [6.45, 7) is 1.88. The first-order chi connectivity index (χ1) is 17.8. The number of pyridine rings is 1. The van der Waals surface area contributed by atoms with E-state index in [-0.39, 0.29) is 29.3 Å². The number of carbonyl (C=O) groups is 1. The summed E-state index contributed by atoms with van der Waals surface area (Å²) in [5, 5.41) is 20.1. The number of aromatic hydroxyl groups is 1. The van der Waals surface area contributed by atoms with Gasteiger partial charge in [-0.15, -0.1) is 11.8 Å². The van der Waals surface area contributed by atoms with Crippen LogP contribution in [0.2, 0.25) is 0 Å². The van der Waals surface area contributed by atoms with Crippen molar-refractivity contribution in [2.75, 3.05) is 10.7 Å². The summed E-state index contributed by atoms with van der Waals surface area (Å²) >= 11 is 1.35. The van der Waals surface area contributed by atoms with Gasteiger partial charge in [0.05, 0.1) is 18.3 Å². The zero-order chi connectivity index (χ0) is 26.1. The molecule has 0 unspecified atom stereocenters. The molecule has 1 fully saturated rings. The molecule has 3 atom stereocenters. The molecule has 188 valence electrons. The largest absolute Gasteiger partial charge is 0.508 e. The fourth-order valence-electron chi connectivity index (χ4n) is 4.57. The van der Waals surface area contributed by atoms with Gasteiger partial charge in [0.15, 0.2) is 0 Å².